The van der Waals surface area contributed by atoms with Crippen LogP contribution < -0.4 is 11.4 Å². The Morgan fingerprint density at radius 1 is 1.24 bits per heavy atom. The number of carbonyl (C=O) groups excluding carboxylic acids is 1. The first kappa shape index (κ1) is 20.2. The Morgan fingerprint density at radius 3 is 2.59 bits per heavy atom. The number of hydrogen-bond donors (Lipinski definition) is 2. The summed E-state index contributed by atoms with van der Waals surface area (Å²) in [5.74, 6) is -0.401. The fourth-order valence-corrected chi connectivity index (χ4v) is 3.05. The number of fused-ring (bicyclic) bond motifs is 1. The molecule has 0 fully saturated rings. The first-order valence-corrected chi connectivity index (χ1v) is 9.27. The number of nitrogens with zero attached hydrogens (tertiary/aromatic N) is 3. The van der Waals surface area contributed by atoms with Crippen LogP contribution in [0.3, 0.4) is 0 Å². The zero-order chi connectivity index (χ0) is 21.2. The number of alkyl halides is 2. The van der Waals surface area contributed by atoms with Crippen molar-refractivity contribution in [3.8, 4) is 0 Å². The molecular weight excluding hydrogens is 416 g/mol. The lowest BCUT2D eigenvalue weighted by molar-refractivity contribution is 0.0297. The van der Waals surface area contributed by atoms with Gasteiger partial charge in [-0.1, -0.05) is 30.3 Å². The number of ether oxygens (including phenoxy) is 1. The normalized spacial score (nSPS) is 11.7. The molecule has 14 heteroatoms. The number of nitrogen functional groups attached to an aromatic ring is 1. The Labute approximate surface area is 161 Å². The molecule has 2 heterocycles. The van der Waals surface area contributed by atoms with Gasteiger partial charge in [-0.15, -0.1) is 0 Å². The van der Waals surface area contributed by atoms with E-state index in [1.807, 2.05) is 0 Å². The number of H-pyrrole nitrogens is 1. The Morgan fingerprint density at radius 2 is 1.93 bits per heavy atom. The first-order valence-electron chi connectivity index (χ1n) is 7.86. The summed E-state index contributed by atoms with van der Waals surface area (Å²) in [7, 11) is -4.95. The van der Waals surface area contributed by atoms with E-state index in [1.54, 1.807) is 30.3 Å². The molecule has 3 aromatic rings. The van der Waals surface area contributed by atoms with Crippen LogP contribution in [-0.2, 0) is 25.6 Å². The average molecular weight is 429 g/mol. The molecule has 0 spiro atoms. The van der Waals surface area contributed by atoms with Gasteiger partial charge in [0, 0.05) is 0 Å². The van der Waals surface area contributed by atoms with Gasteiger partial charge in [-0.05, 0) is 5.56 Å². The molecule has 0 atom stereocenters. The zero-order valence-corrected chi connectivity index (χ0v) is 15.2. The first-order chi connectivity index (χ1) is 13.7. The number of halogens is 2. The molecule has 29 heavy (non-hydrogen) atoms. The molecule has 0 unspecified atom stereocenters. The fourth-order valence-electron chi connectivity index (χ4n) is 2.34. The molecule has 0 aliphatic heterocycles. The van der Waals surface area contributed by atoms with Gasteiger partial charge in [0.25, 0.3) is 11.6 Å². The van der Waals surface area contributed by atoms with Gasteiger partial charge in [0.1, 0.15) is 5.52 Å². The van der Waals surface area contributed by atoms with Crippen molar-refractivity contribution in [1.29, 1.82) is 0 Å². The van der Waals surface area contributed by atoms with E-state index >= 15 is 0 Å². The van der Waals surface area contributed by atoms with Crippen molar-refractivity contribution in [3.05, 3.63) is 46.4 Å². The van der Waals surface area contributed by atoms with Gasteiger partial charge in [0.05, 0.1) is 6.54 Å². The van der Waals surface area contributed by atoms with Crippen molar-refractivity contribution in [2.45, 2.75) is 18.1 Å². The van der Waals surface area contributed by atoms with E-state index in [4.69, 9.17) is 5.73 Å². The summed E-state index contributed by atoms with van der Waals surface area (Å²) in [5.41, 5.74) is 5.59. The Kier molecular flexibility index (Phi) is 5.45. The third-order valence-electron chi connectivity index (χ3n) is 3.54. The molecule has 0 radical (unpaired) electrons. The Bertz CT molecular complexity index is 1210. The van der Waals surface area contributed by atoms with Crippen LogP contribution in [0, 0.1) is 0 Å². The van der Waals surface area contributed by atoms with Crippen LogP contribution in [0.15, 0.2) is 40.3 Å². The van der Waals surface area contributed by atoms with E-state index in [9.17, 15) is 26.8 Å². The summed E-state index contributed by atoms with van der Waals surface area (Å²) in [6.07, 6.45) is -4.90. The summed E-state index contributed by atoms with van der Waals surface area (Å²) < 4.78 is 57.5. The number of carbonyl (C=O) groups is 1. The number of aromatic amines is 1. The van der Waals surface area contributed by atoms with Crippen LogP contribution in [0.25, 0.3) is 11.2 Å². The smallest absolute Gasteiger partial charge is 0.427 e. The van der Waals surface area contributed by atoms with Crippen LogP contribution in [0.5, 0.6) is 0 Å². The summed E-state index contributed by atoms with van der Waals surface area (Å²) in [6, 6.07) is 8.72. The van der Waals surface area contributed by atoms with E-state index in [0.29, 0.717) is 5.56 Å². The number of benzene rings is 1. The molecule has 0 bridgehead atoms. The van der Waals surface area contributed by atoms with Crippen molar-refractivity contribution in [2.75, 3.05) is 12.3 Å². The molecule has 0 aliphatic rings. The molecule has 0 aliphatic carbocycles. The van der Waals surface area contributed by atoms with Crippen LogP contribution in [0.4, 0.5) is 19.4 Å². The van der Waals surface area contributed by atoms with Gasteiger partial charge < -0.3 is 19.6 Å². The minimum Gasteiger partial charge on any atom is -0.427 e. The van der Waals surface area contributed by atoms with Crippen LogP contribution >= 0.6 is 0 Å². The number of rotatable bonds is 6. The van der Waals surface area contributed by atoms with Gasteiger partial charge in [-0.2, -0.15) is 18.4 Å². The summed E-state index contributed by atoms with van der Waals surface area (Å²) in [5, 5.41) is -1.04. The predicted molar refractivity (Wildman–Crippen MR) is 93.7 cm³/mol. The minimum absolute atomic E-state index is 0.0230. The van der Waals surface area contributed by atoms with Crippen molar-refractivity contribution < 1.29 is 30.9 Å². The lowest BCUT2D eigenvalue weighted by Gasteiger charge is -2.07. The van der Waals surface area contributed by atoms with Gasteiger partial charge in [0.15, 0.2) is 18.1 Å². The van der Waals surface area contributed by atoms with E-state index < -0.39 is 46.0 Å². The third kappa shape index (κ3) is 4.48. The highest BCUT2D eigenvalue weighted by Crippen LogP contribution is 2.19. The second-order valence-electron chi connectivity index (χ2n) is 5.58. The number of imidazole rings is 1. The molecule has 2 aromatic heterocycles. The highest BCUT2D eigenvalue weighted by molar-refractivity contribution is 7.87. The molecule has 1 aromatic carbocycles. The molecule has 0 saturated carbocycles. The second kappa shape index (κ2) is 7.83. The maximum absolute atomic E-state index is 12.2. The largest absolute Gasteiger partial charge is 0.524 e. The Hall–Kier alpha value is -3.55. The number of hydrogen-bond acceptors (Lipinski definition) is 9. The van der Waals surface area contributed by atoms with Crippen LogP contribution in [0.2, 0.25) is 0 Å². The minimum atomic E-state index is -4.95. The maximum Gasteiger partial charge on any atom is 0.524 e. The van der Waals surface area contributed by atoms with Crippen LogP contribution in [-0.4, -0.2) is 47.1 Å². The topological polar surface area (TPSA) is 159 Å². The van der Waals surface area contributed by atoms with Crippen molar-refractivity contribution in [3.63, 3.8) is 0 Å². The second-order valence-corrected chi connectivity index (χ2v) is 7.02. The number of anilines is 1. The predicted octanol–water partition coefficient (Wildman–Crippen LogP) is 0.857. The van der Waals surface area contributed by atoms with Gasteiger partial charge >= 0.3 is 22.0 Å². The SMILES string of the molecule is Nc1nc(S(=O)(=O)OC(=O)OCC(F)F)nc2c1[nH]c(=O)n2Cc1ccccc1. The molecule has 3 rings (SSSR count). The Balaban J connectivity index is 1.98. The van der Waals surface area contributed by atoms with E-state index in [1.165, 1.54) is 0 Å². The van der Waals surface area contributed by atoms with E-state index in [2.05, 4.69) is 23.9 Å². The number of nitrogens with two attached hydrogens (primary N) is 1. The van der Waals surface area contributed by atoms with Crippen molar-refractivity contribution in [2.24, 2.45) is 0 Å². The quantitative estimate of drug-likeness (QED) is 0.329. The summed E-state index contributed by atoms with van der Waals surface area (Å²) >= 11 is 0. The molecule has 11 nitrogen and oxygen atoms in total. The van der Waals surface area contributed by atoms with Crippen molar-refractivity contribution in [1.82, 2.24) is 19.5 Å². The lowest BCUT2D eigenvalue weighted by atomic mass is 10.2. The highest BCUT2D eigenvalue weighted by atomic mass is 32.2. The maximum atomic E-state index is 12.2. The molecule has 0 amide bonds. The molecule has 0 saturated heterocycles. The summed E-state index contributed by atoms with van der Waals surface area (Å²) in [6.45, 7) is -1.32. The molecule has 3 N–H and O–H groups in total. The third-order valence-corrected chi connectivity index (χ3v) is 4.53. The highest BCUT2D eigenvalue weighted by Gasteiger charge is 2.28. The zero-order valence-electron chi connectivity index (χ0n) is 14.4. The van der Waals surface area contributed by atoms with Crippen molar-refractivity contribution >= 4 is 33.3 Å². The average Bonchev–Trinajstić information content (AvgIpc) is 2.97. The van der Waals surface area contributed by atoms with Gasteiger partial charge in [-0.25, -0.2) is 18.4 Å². The van der Waals surface area contributed by atoms with Gasteiger partial charge in [-0.3, -0.25) is 4.57 Å². The number of nitrogens with one attached hydrogen (secondary N) is 1. The number of aromatic nitrogens is 4. The molecular formula is C15H13F2N5O6S. The van der Waals surface area contributed by atoms with Crippen LogP contribution in [0.1, 0.15) is 5.56 Å². The molecule has 154 valence electrons. The van der Waals surface area contributed by atoms with E-state index in [0.717, 1.165) is 4.57 Å². The standard InChI is InChI=1S/C15H13F2N5O6S/c16-9(17)7-27-15(24)28-29(25,26)13-20-11(18)10-12(21-13)22(14(23)19-10)6-8-4-2-1-3-5-8/h1-5,9H,6-7H2,(H,19,23)(H2,18,20,21). The lowest BCUT2D eigenvalue weighted by Crippen LogP contribution is -2.20. The van der Waals surface area contributed by atoms with Gasteiger partial charge in [0.2, 0.25) is 0 Å². The fraction of sp³-hybridized carbons (Fsp3) is 0.200. The summed E-state index contributed by atoms with van der Waals surface area (Å²) in [4.78, 5) is 33.2. The van der Waals surface area contributed by atoms with E-state index in [-0.39, 0.29) is 17.7 Å². The monoisotopic (exact) mass is 429 g/mol.